The van der Waals surface area contributed by atoms with E-state index in [2.05, 4.69) is 64.7 Å². The average Bonchev–Trinajstić information content (AvgIpc) is 3.22. The zero-order valence-corrected chi connectivity index (χ0v) is 18.2. The van der Waals surface area contributed by atoms with E-state index in [0.29, 0.717) is 5.25 Å². The molecule has 0 fully saturated rings. The first kappa shape index (κ1) is 20.8. The molecule has 1 unspecified atom stereocenters. The summed E-state index contributed by atoms with van der Waals surface area (Å²) in [4.78, 5) is 7.88. The smallest absolute Gasteiger partial charge is 0.0946 e. The summed E-state index contributed by atoms with van der Waals surface area (Å²) in [6.07, 6.45) is 7.93. The molecule has 0 aliphatic rings. The summed E-state index contributed by atoms with van der Waals surface area (Å²) >= 11 is 7.97. The molecule has 1 heterocycles. The Hall–Kier alpha value is -1.91. The third kappa shape index (κ3) is 6.05. The fourth-order valence-electron chi connectivity index (χ4n) is 3.31. The van der Waals surface area contributed by atoms with E-state index < -0.39 is 0 Å². The van der Waals surface area contributed by atoms with Crippen LogP contribution in [0.1, 0.15) is 25.8 Å². The molecule has 5 heteroatoms. The number of benzene rings is 2. The number of halogens is 1. The Morgan fingerprint density at radius 3 is 2.36 bits per heavy atom. The monoisotopic (exact) mass is 413 g/mol. The van der Waals surface area contributed by atoms with Crippen LogP contribution in [0.25, 0.3) is 0 Å². The lowest BCUT2D eigenvalue weighted by Gasteiger charge is -2.22. The number of nitrogens with zero attached hydrogens (tertiary/aromatic N) is 3. The maximum Gasteiger partial charge on any atom is 0.0946 e. The van der Waals surface area contributed by atoms with Crippen LogP contribution in [0, 0.1) is 0 Å². The van der Waals surface area contributed by atoms with Crippen molar-refractivity contribution >= 4 is 29.1 Å². The molecule has 0 N–H and O–H groups in total. The summed E-state index contributed by atoms with van der Waals surface area (Å²) in [5, 5.41) is 1.27. The van der Waals surface area contributed by atoms with Gasteiger partial charge in [0.25, 0.3) is 0 Å². The third-order valence-corrected chi connectivity index (χ3v) is 6.42. The summed E-state index contributed by atoms with van der Waals surface area (Å²) in [7, 11) is 0. The van der Waals surface area contributed by atoms with Crippen molar-refractivity contribution in [1.29, 1.82) is 0 Å². The quantitative estimate of drug-likeness (QED) is 0.370. The second kappa shape index (κ2) is 10.6. The Labute approximate surface area is 177 Å². The van der Waals surface area contributed by atoms with Crippen molar-refractivity contribution in [3.8, 4) is 0 Å². The molecule has 0 bridgehead atoms. The fourth-order valence-corrected chi connectivity index (χ4v) is 4.60. The number of aromatic nitrogens is 2. The number of aryl methyl sites for hydroxylation is 1. The summed E-state index contributed by atoms with van der Waals surface area (Å²) in [6, 6.07) is 17.2. The lowest BCUT2D eigenvalue weighted by Crippen LogP contribution is -2.21. The van der Waals surface area contributed by atoms with Gasteiger partial charge in [-0.2, -0.15) is 0 Å². The van der Waals surface area contributed by atoms with Gasteiger partial charge in [0.2, 0.25) is 0 Å². The highest BCUT2D eigenvalue weighted by atomic mass is 35.5. The predicted molar refractivity (Wildman–Crippen MR) is 122 cm³/mol. The molecule has 0 aliphatic carbocycles. The van der Waals surface area contributed by atoms with Crippen molar-refractivity contribution in [2.75, 3.05) is 18.0 Å². The van der Waals surface area contributed by atoms with E-state index in [1.54, 1.807) is 0 Å². The first-order chi connectivity index (χ1) is 13.7. The minimum absolute atomic E-state index is 0.476. The minimum Gasteiger partial charge on any atom is -0.372 e. The van der Waals surface area contributed by atoms with Gasteiger partial charge in [0, 0.05) is 52.9 Å². The predicted octanol–water partition coefficient (Wildman–Crippen LogP) is 6.18. The van der Waals surface area contributed by atoms with Gasteiger partial charge < -0.3 is 9.47 Å². The van der Waals surface area contributed by atoms with Crippen molar-refractivity contribution in [3.05, 3.63) is 77.8 Å². The topological polar surface area (TPSA) is 21.1 Å². The highest BCUT2D eigenvalue weighted by Crippen LogP contribution is 2.29. The van der Waals surface area contributed by atoms with Gasteiger partial charge in [0.05, 0.1) is 6.33 Å². The molecule has 1 aromatic heterocycles. The van der Waals surface area contributed by atoms with Gasteiger partial charge >= 0.3 is 0 Å². The van der Waals surface area contributed by atoms with Crippen molar-refractivity contribution in [2.45, 2.75) is 43.4 Å². The SMILES string of the molecule is CCN(CC)c1ccc(SC(CCc2ccc(Cl)cc2)Cn2ccnc2)cc1. The van der Waals surface area contributed by atoms with Crippen molar-refractivity contribution < 1.29 is 0 Å². The van der Waals surface area contributed by atoms with Crippen molar-refractivity contribution in [1.82, 2.24) is 9.55 Å². The summed E-state index contributed by atoms with van der Waals surface area (Å²) in [6.45, 7) is 7.42. The Morgan fingerprint density at radius 1 is 1.04 bits per heavy atom. The second-order valence-corrected chi connectivity index (χ2v) is 8.64. The lowest BCUT2D eigenvalue weighted by molar-refractivity contribution is 0.624. The standard InChI is InChI=1S/C23H28ClN3S/c1-3-27(4-2)21-10-13-22(14-11-21)28-23(17-26-16-15-25-18-26)12-7-19-5-8-20(24)9-6-19/h5-6,8-11,13-16,18,23H,3-4,7,12,17H2,1-2H3. The van der Waals surface area contributed by atoms with Gasteiger partial charge in [-0.15, -0.1) is 11.8 Å². The molecule has 0 saturated carbocycles. The Balaban J connectivity index is 1.66. The molecule has 0 aliphatic heterocycles. The van der Waals surface area contributed by atoms with Crippen LogP contribution in [-0.2, 0) is 13.0 Å². The molecule has 0 spiro atoms. The van der Waals surface area contributed by atoms with E-state index in [-0.39, 0.29) is 0 Å². The van der Waals surface area contributed by atoms with Gasteiger partial charge in [0.1, 0.15) is 0 Å². The van der Waals surface area contributed by atoms with Gasteiger partial charge in [-0.3, -0.25) is 0 Å². The van der Waals surface area contributed by atoms with Crippen LogP contribution < -0.4 is 4.90 Å². The summed E-state index contributed by atoms with van der Waals surface area (Å²) in [5.74, 6) is 0. The molecule has 148 valence electrons. The van der Waals surface area contributed by atoms with Crippen LogP contribution in [0.15, 0.2) is 72.1 Å². The number of hydrogen-bond donors (Lipinski definition) is 0. The van der Waals surface area contributed by atoms with E-state index in [1.165, 1.54) is 16.1 Å². The van der Waals surface area contributed by atoms with Crippen LogP contribution in [0.4, 0.5) is 5.69 Å². The fraction of sp³-hybridized carbons (Fsp3) is 0.348. The van der Waals surface area contributed by atoms with Crippen LogP contribution in [-0.4, -0.2) is 27.9 Å². The van der Waals surface area contributed by atoms with Gasteiger partial charge in [0.15, 0.2) is 0 Å². The van der Waals surface area contributed by atoms with Crippen molar-refractivity contribution in [2.24, 2.45) is 0 Å². The molecule has 1 atom stereocenters. The minimum atomic E-state index is 0.476. The van der Waals surface area contributed by atoms with Crippen LogP contribution in [0.3, 0.4) is 0 Å². The molecule has 3 aromatic rings. The highest BCUT2D eigenvalue weighted by Gasteiger charge is 2.13. The molecular weight excluding hydrogens is 386 g/mol. The van der Waals surface area contributed by atoms with E-state index in [9.17, 15) is 0 Å². The van der Waals surface area contributed by atoms with E-state index >= 15 is 0 Å². The highest BCUT2D eigenvalue weighted by molar-refractivity contribution is 8.00. The molecule has 0 saturated heterocycles. The Kier molecular flexibility index (Phi) is 7.87. The van der Waals surface area contributed by atoms with Crippen LogP contribution >= 0.6 is 23.4 Å². The maximum absolute atomic E-state index is 6.01. The Morgan fingerprint density at radius 2 is 1.75 bits per heavy atom. The molecule has 2 aromatic carbocycles. The second-order valence-electron chi connectivity index (χ2n) is 6.83. The summed E-state index contributed by atoms with van der Waals surface area (Å²) < 4.78 is 2.17. The maximum atomic E-state index is 6.01. The Bertz CT molecular complexity index is 812. The van der Waals surface area contributed by atoms with Gasteiger partial charge in [-0.05, 0) is 68.7 Å². The normalized spacial score (nSPS) is 12.1. The first-order valence-electron chi connectivity index (χ1n) is 9.89. The largest absolute Gasteiger partial charge is 0.372 e. The average molecular weight is 414 g/mol. The molecule has 28 heavy (non-hydrogen) atoms. The number of anilines is 1. The molecule has 3 nitrogen and oxygen atoms in total. The van der Waals surface area contributed by atoms with Gasteiger partial charge in [-0.1, -0.05) is 23.7 Å². The lowest BCUT2D eigenvalue weighted by atomic mass is 10.1. The van der Waals surface area contributed by atoms with E-state index in [1.807, 2.05) is 42.6 Å². The number of imidazole rings is 1. The van der Waals surface area contributed by atoms with Crippen LogP contribution in [0.5, 0.6) is 0 Å². The zero-order chi connectivity index (χ0) is 19.8. The van der Waals surface area contributed by atoms with E-state index in [0.717, 1.165) is 37.5 Å². The van der Waals surface area contributed by atoms with Crippen molar-refractivity contribution in [3.63, 3.8) is 0 Å². The first-order valence-corrected chi connectivity index (χ1v) is 11.2. The number of thioether (sulfide) groups is 1. The van der Waals surface area contributed by atoms with E-state index in [4.69, 9.17) is 11.6 Å². The number of rotatable bonds is 10. The summed E-state index contributed by atoms with van der Waals surface area (Å²) in [5.41, 5.74) is 2.62. The molecular formula is C23H28ClN3S. The molecule has 3 rings (SSSR count). The molecule has 0 radical (unpaired) electrons. The number of hydrogen-bond acceptors (Lipinski definition) is 3. The zero-order valence-electron chi connectivity index (χ0n) is 16.6. The van der Waals surface area contributed by atoms with Gasteiger partial charge in [-0.25, -0.2) is 4.98 Å². The van der Waals surface area contributed by atoms with Crippen LogP contribution in [0.2, 0.25) is 5.02 Å². The third-order valence-electron chi connectivity index (χ3n) is 4.91. The molecule has 0 amide bonds.